The first kappa shape index (κ1) is 34.8. The van der Waals surface area contributed by atoms with E-state index in [-0.39, 0.29) is 42.0 Å². The maximum absolute atomic E-state index is 13.4. The minimum Gasteiger partial charge on any atom is -0.372 e. The van der Waals surface area contributed by atoms with E-state index in [2.05, 4.69) is 37.1 Å². The van der Waals surface area contributed by atoms with Crippen LogP contribution < -0.4 is 21.1 Å². The summed E-state index contributed by atoms with van der Waals surface area (Å²) in [6.45, 7) is 1.43. The van der Waals surface area contributed by atoms with Gasteiger partial charge in [0.2, 0.25) is 0 Å². The molecule has 244 valence electrons. The molecule has 0 atom stereocenters. The summed E-state index contributed by atoms with van der Waals surface area (Å²) in [5.74, 6) is 4.56. The molecule has 3 aromatic rings. The summed E-state index contributed by atoms with van der Waals surface area (Å²) in [5, 5.41) is 2.35. The molecule has 1 aliphatic heterocycles. The van der Waals surface area contributed by atoms with Gasteiger partial charge in [0.05, 0.1) is 34.7 Å². The van der Waals surface area contributed by atoms with Gasteiger partial charge in [-0.05, 0) is 73.4 Å². The lowest BCUT2D eigenvalue weighted by Gasteiger charge is -2.29. The highest BCUT2D eigenvalue weighted by Crippen LogP contribution is 2.35. The number of anilines is 2. The summed E-state index contributed by atoms with van der Waals surface area (Å²) in [4.78, 5) is 28.8. The molecular formula is C32H32ClF3N4O5S. The maximum Gasteiger partial charge on any atom is 0.417 e. The number of alkyl halides is 3. The summed E-state index contributed by atoms with van der Waals surface area (Å²) in [5.41, 5.74) is 6.41. The van der Waals surface area contributed by atoms with Crippen LogP contribution in [-0.4, -0.2) is 46.2 Å². The zero-order valence-corrected chi connectivity index (χ0v) is 26.4. The minimum atomic E-state index is -4.63. The number of piperidine rings is 1. The van der Waals surface area contributed by atoms with Crippen LogP contribution in [0.3, 0.4) is 0 Å². The molecule has 46 heavy (non-hydrogen) atoms. The first-order chi connectivity index (χ1) is 21.8. The summed E-state index contributed by atoms with van der Waals surface area (Å²) in [6, 6.07) is 15.1. The smallest absolute Gasteiger partial charge is 0.372 e. The number of amides is 2. The summed E-state index contributed by atoms with van der Waals surface area (Å²) in [7, 11) is -3.56. The van der Waals surface area contributed by atoms with E-state index in [1.165, 1.54) is 6.07 Å². The van der Waals surface area contributed by atoms with Crippen LogP contribution in [0.25, 0.3) is 0 Å². The Bertz CT molecular complexity index is 1750. The van der Waals surface area contributed by atoms with Crippen LogP contribution in [0.1, 0.15) is 63.1 Å². The highest BCUT2D eigenvalue weighted by atomic mass is 35.5. The number of hydrazine groups is 1. The molecule has 0 spiro atoms. The third kappa shape index (κ3) is 10.2. The molecular weight excluding hydrogens is 645 g/mol. The first-order valence-corrected chi connectivity index (χ1v) is 16.5. The summed E-state index contributed by atoms with van der Waals surface area (Å²) >= 11 is 5.71. The molecule has 0 radical (unpaired) electrons. The predicted octanol–water partition coefficient (Wildman–Crippen LogP) is 5.75. The van der Waals surface area contributed by atoms with E-state index >= 15 is 0 Å². The van der Waals surface area contributed by atoms with E-state index < -0.39 is 38.7 Å². The third-order valence-electron chi connectivity index (χ3n) is 6.93. The molecule has 0 aliphatic carbocycles. The van der Waals surface area contributed by atoms with Gasteiger partial charge in [0, 0.05) is 42.9 Å². The van der Waals surface area contributed by atoms with Gasteiger partial charge in [-0.1, -0.05) is 35.6 Å². The fourth-order valence-electron chi connectivity index (χ4n) is 4.71. The quantitative estimate of drug-likeness (QED) is 0.108. The number of carbonyl (C=O) groups excluding carboxylic acids is 2. The number of nitrogens with one attached hydrogen (secondary N) is 3. The standard InChI is InChI=1S/C32H32ClF3N4O5S/c1-46(43,44)45-17-6-3-8-22-9-7-10-24(18-22)30(41)38-29-14-12-25(40-15-4-2-5-16-40)20-26(29)31(42)39-37-21-23-11-13-28(33)27(19-23)32(34,35)36/h7,9-14,18-20,37H,2,4-6,15-17,21H2,1H3,(H,38,41)(H,39,42). The van der Waals surface area contributed by atoms with Gasteiger partial charge in [-0.2, -0.15) is 21.6 Å². The second-order valence-electron chi connectivity index (χ2n) is 10.5. The molecule has 0 unspecified atom stereocenters. The molecule has 1 heterocycles. The number of halogens is 4. The molecule has 1 aliphatic rings. The molecule has 2 amide bonds. The van der Waals surface area contributed by atoms with Crippen molar-refractivity contribution in [2.24, 2.45) is 0 Å². The van der Waals surface area contributed by atoms with E-state index in [1.807, 2.05) is 6.07 Å². The van der Waals surface area contributed by atoms with Crippen LogP contribution in [0.4, 0.5) is 24.5 Å². The van der Waals surface area contributed by atoms with Crippen molar-refractivity contribution < 1.29 is 35.4 Å². The molecule has 3 N–H and O–H groups in total. The Kier molecular flexibility index (Phi) is 11.7. The third-order valence-corrected chi connectivity index (χ3v) is 7.85. The summed E-state index contributed by atoms with van der Waals surface area (Å²) in [6.07, 6.45) is -0.382. The molecule has 9 nitrogen and oxygen atoms in total. The topological polar surface area (TPSA) is 117 Å². The second-order valence-corrected chi connectivity index (χ2v) is 12.6. The van der Waals surface area contributed by atoms with E-state index in [4.69, 9.17) is 11.6 Å². The van der Waals surface area contributed by atoms with Gasteiger partial charge < -0.3 is 10.2 Å². The van der Waals surface area contributed by atoms with Crippen LogP contribution in [0.15, 0.2) is 60.7 Å². The van der Waals surface area contributed by atoms with Crippen molar-refractivity contribution in [2.75, 3.05) is 36.2 Å². The average molecular weight is 677 g/mol. The number of hydrogen-bond acceptors (Lipinski definition) is 7. The molecule has 1 saturated heterocycles. The SMILES string of the molecule is CS(=O)(=O)OCCC#Cc1cccc(C(=O)Nc2ccc(N3CCCCC3)cc2C(=O)NNCc2ccc(Cl)c(C(F)(F)F)c2)c1. The van der Waals surface area contributed by atoms with E-state index in [0.29, 0.717) is 5.56 Å². The Hall–Kier alpha value is -4.09. The zero-order chi connectivity index (χ0) is 33.3. The number of benzene rings is 3. The molecule has 0 bridgehead atoms. The van der Waals surface area contributed by atoms with Gasteiger partial charge in [0.15, 0.2) is 0 Å². The predicted molar refractivity (Wildman–Crippen MR) is 170 cm³/mol. The lowest BCUT2D eigenvalue weighted by Crippen LogP contribution is -2.37. The van der Waals surface area contributed by atoms with Gasteiger partial charge in [0.1, 0.15) is 0 Å². The Morgan fingerprint density at radius 1 is 1.00 bits per heavy atom. The normalized spacial score (nSPS) is 13.5. The van der Waals surface area contributed by atoms with Crippen LogP contribution in [0.2, 0.25) is 5.02 Å². The molecule has 0 saturated carbocycles. The van der Waals surface area contributed by atoms with Crippen LogP contribution >= 0.6 is 11.6 Å². The average Bonchev–Trinajstić information content (AvgIpc) is 3.01. The van der Waals surface area contributed by atoms with E-state index in [0.717, 1.165) is 56.4 Å². The Labute approximate surface area is 270 Å². The Morgan fingerprint density at radius 2 is 1.76 bits per heavy atom. The lowest BCUT2D eigenvalue weighted by molar-refractivity contribution is -0.137. The van der Waals surface area contributed by atoms with Crippen molar-refractivity contribution in [1.82, 2.24) is 10.9 Å². The van der Waals surface area contributed by atoms with Gasteiger partial charge in [-0.25, -0.2) is 5.43 Å². The largest absolute Gasteiger partial charge is 0.417 e. The van der Waals surface area contributed by atoms with Crippen molar-refractivity contribution >= 4 is 44.9 Å². The van der Waals surface area contributed by atoms with Crippen LogP contribution in [0, 0.1) is 11.8 Å². The Balaban J connectivity index is 1.49. The van der Waals surface area contributed by atoms with Gasteiger partial charge in [0.25, 0.3) is 21.9 Å². The van der Waals surface area contributed by atoms with Crippen molar-refractivity contribution in [1.29, 1.82) is 0 Å². The van der Waals surface area contributed by atoms with E-state index in [9.17, 15) is 31.2 Å². The van der Waals surface area contributed by atoms with Crippen LogP contribution in [0.5, 0.6) is 0 Å². The second kappa shape index (κ2) is 15.5. The number of rotatable bonds is 10. The highest BCUT2D eigenvalue weighted by Gasteiger charge is 2.33. The number of carbonyl (C=O) groups is 2. The number of hydrogen-bond donors (Lipinski definition) is 3. The highest BCUT2D eigenvalue weighted by molar-refractivity contribution is 7.85. The molecule has 1 fully saturated rings. The Morgan fingerprint density at radius 3 is 2.48 bits per heavy atom. The molecule has 4 rings (SSSR count). The van der Waals surface area contributed by atoms with Gasteiger partial charge >= 0.3 is 6.18 Å². The zero-order valence-electron chi connectivity index (χ0n) is 24.8. The van der Waals surface area contributed by atoms with Gasteiger partial charge in [-0.3, -0.25) is 19.2 Å². The van der Waals surface area contributed by atoms with Crippen molar-refractivity contribution in [3.05, 3.63) is 93.5 Å². The van der Waals surface area contributed by atoms with E-state index in [1.54, 1.807) is 36.4 Å². The van der Waals surface area contributed by atoms with Crippen molar-refractivity contribution in [2.45, 2.75) is 38.4 Å². The first-order valence-electron chi connectivity index (χ1n) is 14.3. The molecule has 14 heteroatoms. The van der Waals surface area contributed by atoms with Crippen LogP contribution in [-0.2, 0) is 27.0 Å². The molecule has 3 aromatic carbocycles. The summed E-state index contributed by atoms with van der Waals surface area (Å²) < 4.78 is 66.6. The van der Waals surface area contributed by atoms with Crippen molar-refractivity contribution in [3.63, 3.8) is 0 Å². The fraction of sp³-hybridized carbons (Fsp3) is 0.312. The fourth-order valence-corrected chi connectivity index (χ4v) is 5.32. The minimum absolute atomic E-state index is 0.0899. The monoisotopic (exact) mass is 676 g/mol. The maximum atomic E-state index is 13.4. The van der Waals surface area contributed by atoms with Crippen molar-refractivity contribution in [3.8, 4) is 11.8 Å². The van der Waals surface area contributed by atoms with Gasteiger partial charge in [-0.15, -0.1) is 0 Å². The number of nitrogens with zero attached hydrogens (tertiary/aromatic N) is 1. The molecule has 0 aromatic heterocycles. The lowest BCUT2D eigenvalue weighted by atomic mass is 10.1.